The van der Waals surface area contributed by atoms with Gasteiger partial charge in [-0.1, -0.05) is 36.8 Å². The first-order valence-corrected chi connectivity index (χ1v) is 13.1. The van der Waals surface area contributed by atoms with Crippen LogP contribution >= 0.6 is 0 Å². The molecule has 0 bridgehead atoms. The second kappa shape index (κ2) is 8.53. The van der Waals surface area contributed by atoms with Gasteiger partial charge in [0.05, 0.1) is 24.4 Å². The van der Waals surface area contributed by atoms with Crippen molar-refractivity contribution in [2.24, 2.45) is 23.2 Å². The van der Waals surface area contributed by atoms with Crippen molar-refractivity contribution in [2.45, 2.75) is 70.0 Å². The number of carbonyl (C=O) groups excluding carboxylic acids is 1. The molecule has 3 heterocycles. The number of furan rings is 1. The Labute approximate surface area is 202 Å². The molecule has 1 aromatic carbocycles. The lowest BCUT2D eigenvalue weighted by molar-refractivity contribution is -0.147. The zero-order chi connectivity index (χ0) is 23.3. The molecular formula is C29H37NO4. The lowest BCUT2D eigenvalue weighted by Gasteiger charge is -2.51. The number of hydrogen-bond acceptors (Lipinski definition) is 5. The van der Waals surface area contributed by atoms with Crippen molar-refractivity contribution in [1.82, 2.24) is 5.32 Å². The molecule has 2 aliphatic heterocycles. The van der Waals surface area contributed by atoms with Crippen LogP contribution in [0.15, 0.2) is 47.1 Å². The van der Waals surface area contributed by atoms with Gasteiger partial charge in [0.1, 0.15) is 11.9 Å². The fourth-order valence-corrected chi connectivity index (χ4v) is 7.46. The van der Waals surface area contributed by atoms with Crippen molar-refractivity contribution in [1.29, 1.82) is 0 Å². The summed E-state index contributed by atoms with van der Waals surface area (Å²) in [5.74, 6) is 2.03. The molecule has 6 rings (SSSR count). The molecule has 5 nitrogen and oxygen atoms in total. The van der Waals surface area contributed by atoms with Gasteiger partial charge in [0.15, 0.2) is 0 Å². The molecule has 2 aromatic rings. The number of ether oxygens (including phenoxy) is 2. The molecule has 2 saturated heterocycles. The van der Waals surface area contributed by atoms with E-state index in [0.29, 0.717) is 18.4 Å². The Kier molecular flexibility index (Phi) is 5.61. The van der Waals surface area contributed by atoms with E-state index >= 15 is 0 Å². The standard InChI is InChI=1S/C29H37NO4/c1-19-6-8-20(9-7-19)21(24-5-3-14-32-24)10-13-30-17-23-22-15-26-28(2,16-25(22)34-27(23)31)11-4-12-29(26)18-33-29/h3,5-9,14,21-23,25-26,30H,4,10-13,15-18H2,1-2H3/t21?,22-,23?,25-,26-,28-,29?/m1/s1. The monoisotopic (exact) mass is 463 g/mol. The van der Waals surface area contributed by atoms with Crippen LogP contribution in [0.25, 0.3) is 0 Å². The van der Waals surface area contributed by atoms with Crippen LogP contribution in [0.4, 0.5) is 0 Å². The minimum Gasteiger partial charge on any atom is -0.469 e. The summed E-state index contributed by atoms with van der Waals surface area (Å²) < 4.78 is 17.8. The zero-order valence-corrected chi connectivity index (χ0v) is 20.4. The van der Waals surface area contributed by atoms with Gasteiger partial charge in [-0.15, -0.1) is 0 Å². The van der Waals surface area contributed by atoms with E-state index in [4.69, 9.17) is 13.9 Å². The minimum absolute atomic E-state index is 0.00312. The first-order chi connectivity index (χ1) is 16.5. The summed E-state index contributed by atoms with van der Waals surface area (Å²) in [4.78, 5) is 12.9. The van der Waals surface area contributed by atoms with Gasteiger partial charge < -0.3 is 19.2 Å². The Bertz CT molecular complexity index is 1010. The summed E-state index contributed by atoms with van der Waals surface area (Å²) in [6.07, 6.45) is 8.48. The highest BCUT2D eigenvalue weighted by Crippen LogP contribution is 2.62. The van der Waals surface area contributed by atoms with E-state index in [1.54, 1.807) is 6.26 Å². The molecule has 1 N–H and O–H groups in total. The van der Waals surface area contributed by atoms with Crippen LogP contribution in [0.2, 0.25) is 0 Å². The minimum atomic E-state index is -0.0475. The van der Waals surface area contributed by atoms with Crippen molar-refractivity contribution >= 4 is 5.97 Å². The molecule has 1 aromatic heterocycles. The van der Waals surface area contributed by atoms with Gasteiger partial charge in [-0.05, 0) is 81.0 Å². The van der Waals surface area contributed by atoms with Crippen molar-refractivity contribution in [3.63, 3.8) is 0 Å². The lowest BCUT2D eigenvalue weighted by Crippen LogP contribution is -2.51. The highest BCUT2D eigenvalue weighted by molar-refractivity contribution is 5.75. The third-order valence-electron chi connectivity index (χ3n) is 9.42. The van der Waals surface area contributed by atoms with Crippen molar-refractivity contribution < 1.29 is 18.7 Å². The van der Waals surface area contributed by atoms with Gasteiger partial charge in [-0.2, -0.15) is 0 Å². The number of benzene rings is 1. The molecule has 182 valence electrons. The summed E-state index contributed by atoms with van der Waals surface area (Å²) in [6.45, 7) is 6.95. The molecule has 3 unspecified atom stereocenters. The molecule has 4 fully saturated rings. The highest BCUT2D eigenvalue weighted by Gasteiger charge is 2.64. The fraction of sp³-hybridized carbons (Fsp3) is 0.621. The van der Waals surface area contributed by atoms with Crippen LogP contribution in [0, 0.1) is 30.1 Å². The Morgan fingerprint density at radius 1 is 1.18 bits per heavy atom. The zero-order valence-electron chi connectivity index (χ0n) is 20.4. The van der Waals surface area contributed by atoms with Gasteiger partial charge in [0.25, 0.3) is 0 Å². The molecule has 7 atom stereocenters. The molecule has 2 saturated carbocycles. The van der Waals surface area contributed by atoms with Crippen LogP contribution in [0.3, 0.4) is 0 Å². The number of rotatable bonds is 7. The number of esters is 1. The van der Waals surface area contributed by atoms with Crippen molar-refractivity contribution in [3.8, 4) is 0 Å². The van der Waals surface area contributed by atoms with E-state index in [2.05, 4.69) is 49.5 Å². The largest absolute Gasteiger partial charge is 0.469 e. The van der Waals surface area contributed by atoms with Gasteiger partial charge in [0.2, 0.25) is 0 Å². The average molecular weight is 464 g/mol. The van der Waals surface area contributed by atoms with Gasteiger partial charge in [0, 0.05) is 18.4 Å². The van der Waals surface area contributed by atoms with Crippen LogP contribution in [0.1, 0.15) is 68.3 Å². The maximum Gasteiger partial charge on any atom is 0.310 e. The van der Waals surface area contributed by atoms with Gasteiger partial charge in [-0.25, -0.2) is 0 Å². The predicted molar refractivity (Wildman–Crippen MR) is 129 cm³/mol. The second-order valence-corrected chi connectivity index (χ2v) is 11.6. The van der Waals surface area contributed by atoms with E-state index in [0.717, 1.165) is 38.2 Å². The third kappa shape index (κ3) is 3.91. The molecule has 5 heteroatoms. The molecule has 1 spiro atoms. The van der Waals surface area contributed by atoms with E-state index in [1.807, 2.05) is 6.07 Å². The Balaban J connectivity index is 1.09. The summed E-state index contributed by atoms with van der Waals surface area (Å²) in [6, 6.07) is 12.7. The van der Waals surface area contributed by atoms with E-state index in [-0.39, 0.29) is 34.9 Å². The number of epoxide rings is 1. The molecular weight excluding hydrogens is 426 g/mol. The number of aryl methyl sites for hydroxylation is 1. The van der Waals surface area contributed by atoms with E-state index in [9.17, 15) is 4.79 Å². The Morgan fingerprint density at radius 3 is 2.74 bits per heavy atom. The lowest BCUT2D eigenvalue weighted by atomic mass is 9.53. The Morgan fingerprint density at radius 2 is 2.00 bits per heavy atom. The normalized spacial score (nSPS) is 37.2. The van der Waals surface area contributed by atoms with Crippen LogP contribution < -0.4 is 5.32 Å². The first kappa shape index (κ1) is 22.4. The number of hydrogen-bond donors (Lipinski definition) is 1. The topological polar surface area (TPSA) is 64.0 Å². The third-order valence-corrected chi connectivity index (χ3v) is 9.42. The Hall–Kier alpha value is -2.11. The van der Waals surface area contributed by atoms with Crippen molar-refractivity contribution in [2.75, 3.05) is 19.7 Å². The maximum absolute atomic E-state index is 12.9. The average Bonchev–Trinajstić information content (AvgIpc) is 3.24. The van der Waals surface area contributed by atoms with Crippen LogP contribution in [0.5, 0.6) is 0 Å². The number of carbonyl (C=O) groups is 1. The quantitative estimate of drug-likeness (QED) is 0.346. The van der Waals surface area contributed by atoms with Crippen molar-refractivity contribution in [3.05, 3.63) is 59.5 Å². The second-order valence-electron chi connectivity index (χ2n) is 11.6. The molecule has 0 radical (unpaired) electrons. The molecule has 0 amide bonds. The summed E-state index contributed by atoms with van der Waals surface area (Å²) in [5, 5.41) is 3.61. The van der Waals surface area contributed by atoms with Gasteiger partial charge >= 0.3 is 5.97 Å². The number of nitrogens with one attached hydrogen (secondary N) is 1. The number of fused-ring (bicyclic) bond motifs is 3. The van der Waals surface area contributed by atoms with Crippen LogP contribution in [-0.4, -0.2) is 37.4 Å². The summed E-state index contributed by atoms with van der Waals surface area (Å²) >= 11 is 0. The fourth-order valence-electron chi connectivity index (χ4n) is 7.46. The summed E-state index contributed by atoms with van der Waals surface area (Å²) in [7, 11) is 0. The predicted octanol–water partition coefficient (Wildman–Crippen LogP) is 5.23. The van der Waals surface area contributed by atoms with E-state index in [1.165, 1.54) is 30.4 Å². The molecule has 2 aliphatic carbocycles. The van der Waals surface area contributed by atoms with Crippen LogP contribution in [-0.2, 0) is 14.3 Å². The smallest absolute Gasteiger partial charge is 0.310 e. The SMILES string of the molecule is Cc1ccc(C(CCNCC2C(=O)O[C@@H]3C[C@@]4(C)CCCC5(CO5)[C@@H]4C[C@H]23)c2ccco2)cc1. The molecule has 34 heavy (non-hydrogen) atoms. The van der Waals surface area contributed by atoms with Gasteiger partial charge in [-0.3, -0.25) is 4.79 Å². The highest BCUT2D eigenvalue weighted by atomic mass is 16.6. The first-order valence-electron chi connectivity index (χ1n) is 13.1. The summed E-state index contributed by atoms with van der Waals surface area (Å²) in [5.41, 5.74) is 2.88. The van der Waals surface area contributed by atoms with E-state index < -0.39 is 0 Å². The maximum atomic E-state index is 12.9. The molecule has 4 aliphatic rings.